The van der Waals surface area contributed by atoms with E-state index in [0.717, 1.165) is 30.4 Å². The zero-order chi connectivity index (χ0) is 12.3. The normalized spacial score (nSPS) is 16.9. The molecule has 1 aromatic carbocycles. The zero-order valence-corrected chi connectivity index (χ0v) is 11.4. The quantitative estimate of drug-likeness (QED) is 0.795. The molecular weight excluding hydrogens is 282 g/mol. The van der Waals surface area contributed by atoms with Gasteiger partial charge in [-0.05, 0) is 36.5 Å². The van der Waals surface area contributed by atoms with Crippen molar-refractivity contribution in [2.45, 2.75) is 18.8 Å². The van der Waals surface area contributed by atoms with Crippen LogP contribution >= 0.6 is 15.9 Å². The van der Waals surface area contributed by atoms with Gasteiger partial charge in [-0.1, -0.05) is 28.1 Å². The highest BCUT2D eigenvalue weighted by Gasteiger charge is 2.23. The van der Waals surface area contributed by atoms with E-state index in [0.29, 0.717) is 5.92 Å². The number of piperidine rings is 1. The number of halogens is 1. The van der Waals surface area contributed by atoms with Crippen LogP contribution in [0.15, 0.2) is 28.7 Å². The Kier molecular flexibility index (Phi) is 4.05. The summed E-state index contributed by atoms with van der Waals surface area (Å²) in [5.74, 6) is 0.559. The number of hydrogen-bond acceptors (Lipinski definition) is 2. The molecule has 0 bridgehead atoms. The van der Waals surface area contributed by atoms with Crippen LogP contribution < -0.4 is 0 Å². The van der Waals surface area contributed by atoms with Gasteiger partial charge in [0, 0.05) is 17.6 Å². The molecule has 1 aliphatic rings. The van der Waals surface area contributed by atoms with E-state index in [9.17, 15) is 4.79 Å². The molecule has 1 aromatic rings. The highest BCUT2D eigenvalue weighted by atomic mass is 79.9. The van der Waals surface area contributed by atoms with Crippen LogP contribution in [0.5, 0.6) is 0 Å². The fourth-order valence-corrected chi connectivity index (χ4v) is 2.52. The summed E-state index contributed by atoms with van der Waals surface area (Å²) < 4.78 is 5.83. The van der Waals surface area contributed by atoms with Crippen molar-refractivity contribution in [1.29, 1.82) is 0 Å². The summed E-state index contributed by atoms with van der Waals surface area (Å²) in [4.78, 5) is 13.1. The van der Waals surface area contributed by atoms with Gasteiger partial charge in [-0.3, -0.25) is 0 Å². The summed E-state index contributed by atoms with van der Waals surface area (Å²) in [6.45, 7) is 1.57. The van der Waals surface area contributed by atoms with Gasteiger partial charge < -0.3 is 9.64 Å². The van der Waals surface area contributed by atoms with Crippen molar-refractivity contribution < 1.29 is 9.53 Å². The lowest BCUT2D eigenvalue weighted by atomic mass is 9.90. The number of rotatable bonds is 1. The third kappa shape index (κ3) is 3.00. The maximum absolute atomic E-state index is 11.4. The molecule has 0 atom stereocenters. The Hall–Kier alpha value is -1.03. The first-order valence-electron chi connectivity index (χ1n) is 5.79. The third-order valence-electron chi connectivity index (χ3n) is 3.27. The number of likely N-dealkylation sites (tertiary alicyclic amines) is 1. The first kappa shape index (κ1) is 12.4. The Morgan fingerprint density at radius 2 is 1.88 bits per heavy atom. The van der Waals surface area contributed by atoms with Gasteiger partial charge in [0.1, 0.15) is 0 Å². The molecule has 92 valence electrons. The van der Waals surface area contributed by atoms with Crippen LogP contribution in [0.4, 0.5) is 4.79 Å². The average Bonchev–Trinajstić information content (AvgIpc) is 2.39. The summed E-state index contributed by atoms with van der Waals surface area (Å²) in [5.41, 5.74) is 1.36. The van der Waals surface area contributed by atoms with Crippen molar-refractivity contribution in [1.82, 2.24) is 4.90 Å². The second-order valence-corrected chi connectivity index (χ2v) is 5.20. The number of amides is 1. The molecule has 4 heteroatoms. The molecule has 17 heavy (non-hydrogen) atoms. The van der Waals surface area contributed by atoms with Gasteiger partial charge >= 0.3 is 6.09 Å². The number of ether oxygens (including phenoxy) is 1. The second-order valence-electron chi connectivity index (χ2n) is 4.28. The summed E-state index contributed by atoms with van der Waals surface area (Å²) in [5, 5.41) is 0. The number of hydrogen-bond donors (Lipinski definition) is 0. The predicted octanol–water partition coefficient (Wildman–Crippen LogP) is 3.39. The van der Waals surface area contributed by atoms with Gasteiger partial charge in [0.2, 0.25) is 0 Å². The molecule has 1 fully saturated rings. The van der Waals surface area contributed by atoms with Crippen molar-refractivity contribution >= 4 is 22.0 Å². The smallest absolute Gasteiger partial charge is 0.409 e. The van der Waals surface area contributed by atoms with E-state index in [1.165, 1.54) is 12.7 Å². The molecule has 0 aliphatic carbocycles. The van der Waals surface area contributed by atoms with Gasteiger partial charge in [-0.2, -0.15) is 0 Å². The topological polar surface area (TPSA) is 29.5 Å². The van der Waals surface area contributed by atoms with E-state index < -0.39 is 0 Å². The molecule has 2 rings (SSSR count). The van der Waals surface area contributed by atoms with E-state index in [-0.39, 0.29) is 6.09 Å². The fraction of sp³-hybridized carbons (Fsp3) is 0.462. The lowest BCUT2D eigenvalue weighted by molar-refractivity contribution is 0.112. The maximum Gasteiger partial charge on any atom is 0.409 e. The van der Waals surface area contributed by atoms with Crippen molar-refractivity contribution in [3.63, 3.8) is 0 Å². The number of methoxy groups -OCH3 is 1. The number of carbonyl (C=O) groups is 1. The van der Waals surface area contributed by atoms with Crippen LogP contribution in [0.1, 0.15) is 24.3 Å². The molecule has 0 saturated carbocycles. The molecule has 1 aliphatic heterocycles. The number of benzene rings is 1. The van der Waals surface area contributed by atoms with E-state index in [2.05, 4.69) is 40.2 Å². The van der Waals surface area contributed by atoms with Crippen molar-refractivity contribution in [2.24, 2.45) is 0 Å². The molecule has 0 aromatic heterocycles. The Balaban J connectivity index is 1.95. The van der Waals surface area contributed by atoms with Crippen LogP contribution in [-0.2, 0) is 4.74 Å². The standard InChI is InChI=1S/C13H16BrNO2/c1-17-13(16)15-8-6-11(7-9-15)10-2-4-12(14)5-3-10/h2-5,11H,6-9H2,1H3. The Morgan fingerprint density at radius 1 is 1.29 bits per heavy atom. The van der Waals surface area contributed by atoms with Crippen LogP contribution in [0.25, 0.3) is 0 Å². The highest BCUT2D eigenvalue weighted by molar-refractivity contribution is 9.10. The SMILES string of the molecule is COC(=O)N1CCC(c2ccc(Br)cc2)CC1. The first-order valence-corrected chi connectivity index (χ1v) is 6.58. The minimum atomic E-state index is -0.209. The first-order chi connectivity index (χ1) is 8.20. The van der Waals surface area contributed by atoms with Crippen LogP contribution in [0.3, 0.4) is 0 Å². The highest BCUT2D eigenvalue weighted by Crippen LogP contribution is 2.28. The van der Waals surface area contributed by atoms with E-state index in [4.69, 9.17) is 4.74 Å². The largest absolute Gasteiger partial charge is 0.453 e. The molecule has 0 radical (unpaired) electrons. The Labute approximate surface area is 110 Å². The van der Waals surface area contributed by atoms with Gasteiger partial charge in [0.05, 0.1) is 7.11 Å². The predicted molar refractivity (Wildman–Crippen MR) is 70.1 cm³/mol. The number of nitrogens with zero attached hydrogens (tertiary/aromatic N) is 1. The van der Waals surface area contributed by atoms with Gasteiger partial charge in [0.25, 0.3) is 0 Å². The van der Waals surface area contributed by atoms with Gasteiger partial charge in [-0.25, -0.2) is 4.79 Å². The van der Waals surface area contributed by atoms with Crippen LogP contribution in [0.2, 0.25) is 0 Å². The molecule has 0 N–H and O–H groups in total. The zero-order valence-electron chi connectivity index (χ0n) is 9.86. The summed E-state index contributed by atoms with van der Waals surface area (Å²) in [6, 6.07) is 8.45. The Morgan fingerprint density at radius 3 is 2.41 bits per heavy atom. The third-order valence-corrected chi connectivity index (χ3v) is 3.80. The minimum absolute atomic E-state index is 0.209. The summed E-state index contributed by atoms with van der Waals surface area (Å²) >= 11 is 3.44. The summed E-state index contributed by atoms with van der Waals surface area (Å²) in [6.07, 6.45) is 1.81. The van der Waals surface area contributed by atoms with Crippen LogP contribution in [-0.4, -0.2) is 31.2 Å². The molecular formula is C13H16BrNO2. The van der Waals surface area contributed by atoms with Gasteiger partial charge in [0.15, 0.2) is 0 Å². The fourth-order valence-electron chi connectivity index (χ4n) is 2.26. The number of carbonyl (C=O) groups excluding carboxylic acids is 1. The van der Waals surface area contributed by atoms with Gasteiger partial charge in [-0.15, -0.1) is 0 Å². The lowest BCUT2D eigenvalue weighted by Crippen LogP contribution is -2.37. The van der Waals surface area contributed by atoms with E-state index in [1.807, 2.05) is 0 Å². The monoisotopic (exact) mass is 297 g/mol. The minimum Gasteiger partial charge on any atom is -0.453 e. The van der Waals surface area contributed by atoms with Crippen LogP contribution in [0, 0.1) is 0 Å². The summed E-state index contributed by atoms with van der Waals surface area (Å²) in [7, 11) is 1.43. The maximum atomic E-state index is 11.4. The van der Waals surface area contributed by atoms with Crippen molar-refractivity contribution in [3.8, 4) is 0 Å². The molecule has 1 saturated heterocycles. The lowest BCUT2D eigenvalue weighted by Gasteiger charge is -2.31. The van der Waals surface area contributed by atoms with Crippen molar-refractivity contribution in [3.05, 3.63) is 34.3 Å². The van der Waals surface area contributed by atoms with Crippen molar-refractivity contribution in [2.75, 3.05) is 20.2 Å². The molecule has 0 unspecified atom stereocenters. The molecule has 3 nitrogen and oxygen atoms in total. The Bertz CT molecular complexity index is 383. The van der Waals surface area contributed by atoms with E-state index >= 15 is 0 Å². The average molecular weight is 298 g/mol. The van der Waals surface area contributed by atoms with E-state index in [1.54, 1.807) is 4.90 Å². The second kappa shape index (κ2) is 5.54. The molecule has 1 amide bonds. The molecule has 0 spiro atoms. The molecule has 1 heterocycles.